The van der Waals surface area contributed by atoms with Crippen molar-refractivity contribution in [2.45, 2.75) is 56.3 Å². The molecule has 0 saturated heterocycles. The molecule has 0 aliphatic carbocycles. The summed E-state index contributed by atoms with van der Waals surface area (Å²) in [4.78, 5) is 13.2. The minimum atomic E-state index is -0.0641. The SMILES string of the molecule is CCC(CC)NC(=O)C(C)Sc1ccc(CNC)cc1. The highest BCUT2D eigenvalue weighted by Gasteiger charge is 2.16. The van der Waals surface area contributed by atoms with Crippen molar-refractivity contribution in [3.63, 3.8) is 0 Å². The van der Waals surface area contributed by atoms with Gasteiger partial charge in [0.1, 0.15) is 0 Å². The van der Waals surface area contributed by atoms with Gasteiger partial charge in [0.15, 0.2) is 0 Å². The molecule has 1 aromatic rings. The van der Waals surface area contributed by atoms with E-state index in [1.165, 1.54) is 5.56 Å². The van der Waals surface area contributed by atoms with Crippen molar-refractivity contribution in [2.75, 3.05) is 7.05 Å². The van der Waals surface area contributed by atoms with Crippen LogP contribution in [0.5, 0.6) is 0 Å². The highest BCUT2D eigenvalue weighted by molar-refractivity contribution is 8.00. The van der Waals surface area contributed by atoms with Gasteiger partial charge in [-0.05, 0) is 44.5 Å². The summed E-state index contributed by atoms with van der Waals surface area (Å²) in [5.74, 6) is 0.128. The van der Waals surface area contributed by atoms with E-state index in [2.05, 4.69) is 48.7 Å². The van der Waals surface area contributed by atoms with E-state index in [1.54, 1.807) is 11.8 Å². The Hall–Kier alpha value is -1.00. The Balaban J connectivity index is 2.52. The van der Waals surface area contributed by atoms with Crippen molar-refractivity contribution in [2.24, 2.45) is 0 Å². The lowest BCUT2D eigenvalue weighted by Gasteiger charge is -2.18. The summed E-state index contributed by atoms with van der Waals surface area (Å²) in [6.07, 6.45) is 1.97. The van der Waals surface area contributed by atoms with Crippen LogP contribution in [0.25, 0.3) is 0 Å². The molecular formula is C16H26N2OS. The Bertz CT molecular complexity index is 401. The molecule has 0 aliphatic heterocycles. The number of carbonyl (C=O) groups excluding carboxylic acids is 1. The van der Waals surface area contributed by atoms with Crippen molar-refractivity contribution in [1.29, 1.82) is 0 Å². The molecule has 1 aromatic carbocycles. The predicted octanol–water partition coefficient (Wildman–Crippen LogP) is 3.19. The first-order valence-corrected chi connectivity index (χ1v) is 8.19. The summed E-state index contributed by atoms with van der Waals surface area (Å²) in [5, 5.41) is 6.16. The quantitative estimate of drug-likeness (QED) is 0.724. The van der Waals surface area contributed by atoms with Gasteiger partial charge in [0.05, 0.1) is 5.25 Å². The average Bonchev–Trinajstić information content (AvgIpc) is 2.46. The second-order valence-corrected chi connectivity index (χ2v) is 6.37. The molecule has 2 N–H and O–H groups in total. The number of thioether (sulfide) groups is 1. The summed E-state index contributed by atoms with van der Waals surface area (Å²) in [6, 6.07) is 8.66. The van der Waals surface area contributed by atoms with Crippen molar-refractivity contribution in [3.05, 3.63) is 29.8 Å². The predicted molar refractivity (Wildman–Crippen MR) is 87.0 cm³/mol. The zero-order chi connectivity index (χ0) is 15.0. The monoisotopic (exact) mass is 294 g/mol. The van der Waals surface area contributed by atoms with Crippen LogP contribution in [0.1, 0.15) is 39.2 Å². The van der Waals surface area contributed by atoms with Crippen LogP contribution in [0.3, 0.4) is 0 Å². The Morgan fingerprint density at radius 1 is 1.20 bits per heavy atom. The van der Waals surface area contributed by atoms with E-state index >= 15 is 0 Å². The van der Waals surface area contributed by atoms with Gasteiger partial charge < -0.3 is 10.6 Å². The Morgan fingerprint density at radius 3 is 2.30 bits per heavy atom. The van der Waals surface area contributed by atoms with Crippen LogP contribution in [0.2, 0.25) is 0 Å². The average molecular weight is 294 g/mol. The molecule has 0 aromatic heterocycles. The van der Waals surface area contributed by atoms with Gasteiger partial charge in [-0.3, -0.25) is 4.79 Å². The van der Waals surface area contributed by atoms with Crippen LogP contribution < -0.4 is 10.6 Å². The molecule has 1 unspecified atom stereocenters. The van der Waals surface area contributed by atoms with E-state index in [0.717, 1.165) is 24.3 Å². The molecule has 112 valence electrons. The lowest BCUT2D eigenvalue weighted by molar-refractivity contribution is -0.121. The van der Waals surface area contributed by atoms with E-state index in [1.807, 2.05) is 14.0 Å². The fourth-order valence-corrected chi connectivity index (χ4v) is 2.84. The topological polar surface area (TPSA) is 41.1 Å². The number of carbonyl (C=O) groups is 1. The van der Waals surface area contributed by atoms with Crippen LogP contribution in [0, 0.1) is 0 Å². The van der Waals surface area contributed by atoms with Crippen LogP contribution in [0.4, 0.5) is 0 Å². The first-order valence-electron chi connectivity index (χ1n) is 7.31. The molecule has 0 fully saturated rings. The molecule has 4 heteroatoms. The third kappa shape index (κ3) is 5.55. The standard InChI is InChI=1S/C16H26N2OS/c1-5-14(6-2)18-16(19)12(3)20-15-9-7-13(8-10-15)11-17-4/h7-10,12,14,17H,5-6,11H2,1-4H3,(H,18,19). The molecule has 0 saturated carbocycles. The number of rotatable bonds is 8. The van der Waals surface area contributed by atoms with Gasteiger partial charge in [-0.15, -0.1) is 11.8 Å². The van der Waals surface area contributed by atoms with Gasteiger partial charge >= 0.3 is 0 Å². The van der Waals surface area contributed by atoms with Gasteiger partial charge in [-0.2, -0.15) is 0 Å². The number of hydrogen-bond acceptors (Lipinski definition) is 3. The number of nitrogens with one attached hydrogen (secondary N) is 2. The van der Waals surface area contributed by atoms with Crippen molar-refractivity contribution in [1.82, 2.24) is 10.6 Å². The number of benzene rings is 1. The third-order valence-electron chi connectivity index (χ3n) is 3.32. The molecule has 1 atom stereocenters. The first kappa shape index (κ1) is 17.1. The smallest absolute Gasteiger partial charge is 0.233 e. The second-order valence-electron chi connectivity index (χ2n) is 4.96. The maximum absolute atomic E-state index is 12.1. The fourth-order valence-electron chi connectivity index (χ4n) is 1.96. The fraction of sp³-hybridized carbons (Fsp3) is 0.562. The molecule has 0 spiro atoms. The largest absolute Gasteiger partial charge is 0.352 e. The molecule has 1 amide bonds. The van der Waals surface area contributed by atoms with Crippen LogP contribution >= 0.6 is 11.8 Å². The maximum Gasteiger partial charge on any atom is 0.233 e. The Kier molecular flexibility index (Phi) is 7.70. The summed E-state index contributed by atoms with van der Waals surface area (Å²) in [7, 11) is 1.94. The molecule has 0 aliphatic rings. The van der Waals surface area contributed by atoms with E-state index in [9.17, 15) is 4.79 Å². The van der Waals surface area contributed by atoms with Crippen molar-refractivity contribution in [3.8, 4) is 0 Å². The first-order chi connectivity index (χ1) is 9.60. The van der Waals surface area contributed by atoms with Gasteiger partial charge in [0.2, 0.25) is 5.91 Å². The Labute approximate surface area is 126 Å². The van der Waals surface area contributed by atoms with E-state index in [-0.39, 0.29) is 11.2 Å². The molecule has 0 heterocycles. The number of amides is 1. The summed E-state index contributed by atoms with van der Waals surface area (Å²) in [6.45, 7) is 7.04. The van der Waals surface area contributed by atoms with E-state index in [0.29, 0.717) is 6.04 Å². The van der Waals surface area contributed by atoms with Gasteiger partial charge in [-0.1, -0.05) is 26.0 Å². The lowest BCUT2D eigenvalue weighted by atomic mass is 10.2. The molecule has 3 nitrogen and oxygen atoms in total. The minimum Gasteiger partial charge on any atom is -0.352 e. The minimum absolute atomic E-state index is 0.0641. The van der Waals surface area contributed by atoms with Crippen LogP contribution in [-0.4, -0.2) is 24.2 Å². The van der Waals surface area contributed by atoms with Gasteiger partial charge in [0, 0.05) is 17.5 Å². The molecule has 0 radical (unpaired) electrons. The second kappa shape index (κ2) is 9.03. The summed E-state index contributed by atoms with van der Waals surface area (Å²) in [5.41, 5.74) is 1.26. The van der Waals surface area contributed by atoms with Crippen LogP contribution in [0.15, 0.2) is 29.2 Å². The zero-order valence-corrected chi connectivity index (χ0v) is 13.7. The normalized spacial score (nSPS) is 12.4. The summed E-state index contributed by atoms with van der Waals surface area (Å²) >= 11 is 1.61. The van der Waals surface area contributed by atoms with Crippen molar-refractivity contribution < 1.29 is 4.79 Å². The molecule has 0 bridgehead atoms. The summed E-state index contributed by atoms with van der Waals surface area (Å²) < 4.78 is 0. The van der Waals surface area contributed by atoms with E-state index < -0.39 is 0 Å². The zero-order valence-electron chi connectivity index (χ0n) is 12.9. The lowest BCUT2D eigenvalue weighted by Crippen LogP contribution is -2.38. The molecule has 1 rings (SSSR count). The maximum atomic E-state index is 12.1. The van der Waals surface area contributed by atoms with Gasteiger partial charge in [0.25, 0.3) is 0 Å². The van der Waals surface area contributed by atoms with E-state index in [4.69, 9.17) is 0 Å². The molecule has 20 heavy (non-hydrogen) atoms. The highest BCUT2D eigenvalue weighted by Crippen LogP contribution is 2.23. The van der Waals surface area contributed by atoms with Gasteiger partial charge in [-0.25, -0.2) is 0 Å². The van der Waals surface area contributed by atoms with Crippen LogP contribution in [-0.2, 0) is 11.3 Å². The molecular weight excluding hydrogens is 268 g/mol. The highest BCUT2D eigenvalue weighted by atomic mass is 32.2. The van der Waals surface area contributed by atoms with Crippen molar-refractivity contribution >= 4 is 17.7 Å². The third-order valence-corrected chi connectivity index (χ3v) is 4.43. The number of hydrogen-bond donors (Lipinski definition) is 2. The Morgan fingerprint density at radius 2 is 1.80 bits per heavy atom.